The fraction of sp³-hybridized carbons (Fsp3) is 0.125. The number of fused-ring (bicyclic) bond motifs is 1. The number of nitrogens with zero attached hydrogens (tertiary/aromatic N) is 2. The molecule has 0 aliphatic heterocycles. The number of non-ortho nitro benzene ring substituents is 1. The predicted octanol–water partition coefficient (Wildman–Crippen LogP) is 5.10. The van der Waals surface area contributed by atoms with Crippen molar-refractivity contribution >= 4 is 39.8 Å². The van der Waals surface area contributed by atoms with Gasteiger partial charge in [0.1, 0.15) is 0 Å². The first-order valence-corrected chi connectivity index (χ1v) is 7.47. The number of halogens is 2. The van der Waals surface area contributed by atoms with E-state index in [-0.39, 0.29) is 10.6 Å². The number of hydrogen-bond acceptors (Lipinski definition) is 2. The van der Waals surface area contributed by atoms with Crippen LogP contribution in [0.15, 0.2) is 48.7 Å². The van der Waals surface area contributed by atoms with Crippen LogP contribution in [-0.2, 0) is 13.0 Å². The molecule has 2 aromatic carbocycles. The maximum absolute atomic E-state index is 10.8. The van der Waals surface area contributed by atoms with Crippen molar-refractivity contribution in [3.63, 3.8) is 0 Å². The summed E-state index contributed by atoms with van der Waals surface area (Å²) in [6.07, 6.45) is 2.69. The zero-order chi connectivity index (χ0) is 15.7. The highest BCUT2D eigenvalue weighted by Gasteiger charge is 2.09. The Morgan fingerprint density at radius 2 is 1.91 bits per heavy atom. The zero-order valence-corrected chi connectivity index (χ0v) is 13.0. The van der Waals surface area contributed by atoms with Crippen molar-refractivity contribution in [3.8, 4) is 0 Å². The first kappa shape index (κ1) is 14.9. The van der Waals surface area contributed by atoms with Gasteiger partial charge < -0.3 is 4.57 Å². The van der Waals surface area contributed by atoms with Gasteiger partial charge in [-0.1, -0.05) is 29.3 Å². The number of hydrogen-bond donors (Lipinski definition) is 0. The van der Waals surface area contributed by atoms with Gasteiger partial charge in [-0.15, -0.1) is 0 Å². The highest BCUT2D eigenvalue weighted by molar-refractivity contribution is 6.35. The standard InChI is InChI=1S/C16H12Cl2N2O2/c17-13-2-1-11(15(18)10-13)5-7-19-8-6-12-9-14(20(21)22)3-4-16(12)19/h1-4,6,8-10H,5,7H2. The average Bonchev–Trinajstić information content (AvgIpc) is 2.88. The molecule has 0 bridgehead atoms. The van der Waals surface area contributed by atoms with E-state index in [2.05, 4.69) is 4.57 Å². The van der Waals surface area contributed by atoms with Gasteiger partial charge >= 0.3 is 0 Å². The summed E-state index contributed by atoms with van der Waals surface area (Å²) in [5, 5.41) is 12.9. The highest BCUT2D eigenvalue weighted by atomic mass is 35.5. The van der Waals surface area contributed by atoms with Crippen molar-refractivity contribution in [2.24, 2.45) is 0 Å². The van der Waals surface area contributed by atoms with Crippen molar-refractivity contribution < 1.29 is 4.92 Å². The molecule has 4 nitrogen and oxygen atoms in total. The molecule has 1 aromatic heterocycles. The normalized spacial score (nSPS) is 11.0. The Morgan fingerprint density at radius 1 is 1.09 bits per heavy atom. The molecule has 6 heteroatoms. The molecule has 0 spiro atoms. The molecule has 0 saturated heterocycles. The van der Waals surface area contributed by atoms with E-state index in [9.17, 15) is 10.1 Å². The largest absolute Gasteiger partial charge is 0.347 e. The van der Waals surface area contributed by atoms with Crippen molar-refractivity contribution in [2.75, 3.05) is 0 Å². The third kappa shape index (κ3) is 2.93. The van der Waals surface area contributed by atoms with E-state index in [1.54, 1.807) is 18.2 Å². The van der Waals surface area contributed by atoms with E-state index in [4.69, 9.17) is 23.2 Å². The Hall–Kier alpha value is -2.04. The van der Waals surface area contributed by atoms with E-state index < -0.39 is 0 Å². The summed E-state index contributed by atoms with van der Waals surface area (Å²) >= 11 is 12.1. The van der Waals surface area contributed by atoms with Gasteiger partial charge in [-0.2, -0.15) is 0 Å². The van der Waals surface area contributed by atoms with Crippen LogP contribution in [0.5, 0.6) is 0 Å². The molecule has 3 rings (SSSR count). The van der Waals surface area contributed by atoms with Crippen molar-refractivity contribution in [3.05, 3.63) is 74.4 Å². The molecule has 0 atom stereocenters. The van der Waals surface area contributed by atoms with Crippen molar-refractivity contribution in [2.45, 2.75) is 13.0 Å². The van der Waals surface area contributed by atoms with Crippen molar-refractivity contribution in [1.29, 1.82) is 0 Å². The second-order valence-electron chi connectivity index (χ2n) is 5.00. The third-order valence-corrected chi connectivity index (χ3v) is 4.19. The lowest BCUT2D eigenvalue weighted by Gasteiger charge is -2.07. The van der Waals surface area contributed by atoms with Gasteiger partial charge in [0.2, 0.25) is 0 Å². The molecular weight excluding hydrogens is 323 g/mol. The smallest absolute Gasteiger partial charge is 0.270 e. The second kappa shape index (κ2) is 5.99. The fourth-order valence-electron chi connectivity index (χ4n) is 2.46. The van der Waals surface area contributed by atoms with Crippen molar-refractivity contribution in [1.82, 2.24) is 4.57 Å². The SMILES string of the molecule is O=[N+]([O-])c1ccc2c(ccn2CCc2ccc(Cl)cc2Cl)c1. The van der Waals surface area contributed by atoms with Crippen LogP contribution in [0.25, 0.3) is 10.9 Å². The summed E-state index contributed by atoms with van der Waals surface area (Å²) in [6, 6.07) is 12.2. The van der Waals surface area contributed by atoms with Crippen LogP contribution in [0.1, 0.15) is 5.56 Å². The zero-order valence-electron chi connectivity index (χ0n) is 11.5. The maximum Gasteiger partial charge on any atom is 0.270 e. The molecular formula is C16H12Cl2N2O2. The summed E-state index contributed by atoms with van der Waals surface area (Å²) in [7, 11) is 0. The quantitative estimate of drug-likeness (QED) is 0.492. The fourth-order valence-corrected chi connectivity index (χ4v) is 2.96. The van der Waals surface area contributed by atoms with E-state index in [1.807, 2.05) is 24.4 Å². The molecule has 0 saturated carbocycles. The van der Waals surface area contributed by atoms with Gasteiger partial charge in [-0.3, -0.25) is 10.1 Å². The van der Waals surface area contributed by atoms with E-state index in [0.29, 0.717) is 10.0 Å². The summed E-state index contributed by atoms with van der Waals surface area (Å²) in [4.78, 5) is 10.4. The minimum atomic E-state index is -0.385. The molecule has 0 N–H and O–H groups in total. The maximum atomic E-state index is 10.8. The number of aryl methyl sites for hydroxylation is 2. The van der Waals surface area contributed by atoms with E-state index in [0.717, 1.165) is 29.4 Å². The summed E-state index contributed by atoms with van der Waals surface area (Å²) in [5.41, 5.74) is 2.09. The Balaban J connectivity index is 1.83. The molecule has 22 heavy (non-hydrogen) atoms. The predicted molar refractivity (Wildman–Crippen MR) is 88.8 cm³/mol. The molecule has 0 unspecified atom stereocenters. The first-order valence-electron chi connectivity index (χ1n) is 6.72. The minimum Gasteiger partial charge on any atom is -0.347 e. The van der Waals surface area contributed by atoms with Crippen LogP contribution in [0, 0.1) is 10.1 Å². The molecule has 1 heterocycles. The van der Waals surface area contributed by atoms with Gasteiger partial charge in [0.05, 0.1) is 4.92 Å². The van der Waals surface area contributed by atoms with Crippen LogP contribution in [-0.4, -0.2) is 9.49 Å². The average molecular weight is 335 g/mol. The van der Waals surface area contributed by atoms with Gasteiger partial charge in [0, 0.05) is 45.8 Å². The Kier molecular flexibility index (Phi) is 4.05. The van der Waals surface area contributed by atoms with Crippen LogP contribution in [0.4, 0.5) is 5.69 Å². The molecule has 0 radical (unpaired) electrons. The number of benzene rings is 2. The van der Waals surface area contributed by atoms with Crippen LogP contribution < -0.4 is 0 Å². The molecule has 0 aliphatic rings. The molecule has 3 aromatic rings. The first-order chi connectivity index (χ1) is 10.5. The van der Waals surface area contributed by atoms with Gasteiger partial charge in [-0.05, 0) is 36.2 Å². The monoisotopic (exact) mass is 334 g/mol. The third-order valence-electron chi connectivity index (χ3n) is 3.60. The molecule has 0 aliphatic carbocycles. The number of aromatic nitrogens is 1. The summed E-state index contributed by atoms with van der Waals surface area (Å²) in [5.74, 6) is 0. The lowest BCUT2D eigenvalue weighted by atomic mass is 10.1. The van der Waals surface area contributed by atoms with E-state index in [1.165, 1.54) is 6.07 Å². The topological polar surface area (TPSA) is 48.1 Å². The Bertz CT molecular complexity index is 858. The van der Waals surface area contributed by atoms with Gasteiger partial charge in [-0.25, -0.2) is 0 Å². The van der Waals surface area contributed by atoms with Crippen LogP contribution >= 0.6 is 23.2 Å². The van der Waals surface area contributed by atoms with Gasteiger partial charge in [0.25, 0.3) is 5.69 Å². The minimum absolute atomic E-state index is 0.103. The van der Waals surface area contributed by atoms with E-state index >= 15 is 0 Å². The lowest BCUT2D eigenvalue weighted by Crippen LogP contribution is -2.00. The van der Waals surface area contributed by atoms with Crippen LogP contribution in [0.2, 0.25) is 10.0 Å². The summed E-state index contributed by atoms with van der Waals surface area (Å²) < 4.78 is 2.06. The molecule has 0 amide bonds. The summed E-state index contributed by atoms with van der Waals surface area (Å²) in [6.45, 7) is 0.739. The molecule has 112 valence electrons. The lowest BCUT2D eigenvalue weighted by molar-refractivity contribution is -0.384. The number of nitro groups is 1. The number of nitro benzene ring substituents is 1. The second-order valence-corrected chi connectivity index (χ2v) is 5.84. The highest BCUT2D eigenvalue weighted by Crippen LogP contribution is 2.24. The van der Waals surface area contributed by atoms with Gasteiger partial charge in [0.15, 0.2) is 0 Å². The Morgan fingerprint density at radius 3 is 2.64 bits per heavy atom. The number of rotatable bonds is 4. The van der Waals surface area contributed by atoms with Crippen LogP contribution in [0.3, 0.4) is 0 Å². The Labute approximate surface area is 137 Å². The molecule has 0 fully saturated rings.